The Bertz CT molecular complexity index is 1970. The van der Waals surface area contributed by atoms with Crippen molar-refractivity contribution in [3.63, 3.8) is 0 Å². The molecule has 0 spiro atoms. The van der Waals surface area contributed by atoms with Crippen molar-refractivity contribution in [2.45, 2.75) is 0 Å². The normalized spacial score (nSPS) is 13.5. The summed E-state index contributed by atoms with van der Waals surface area (Å²) in [6.45, 7) is 0. The van der Waals surface area contributed by atoms with Gasteiger partial charge in [-0.2, -0.15) is 0 Å². The van der Waals surface area contributed by atoms with Crippen molar-refractivity contribution in [1.82, 2.24) is 4.57 Å². The van der Waals surface area contributed by atoms with E-state index in [1.807, 2.05) is 53.1 Å². The summed E-state index contributed by atoms with van der Waals surface area (Å²) in [6.07, 6.45) is 0. The summed E-state index contributed by atoms with van der Waals surface area (Å²) in [4.78, 5) is 0. The van der Waals surface area contributed by atoms with Crippen LogP contribution in [0.25, 0.3) is 58.8 Å². The Kier molecular flexibility index (Phi) is 3.03. The Morgan fingerprint density at radius 3 is 2.25 bits per heavy atom. The lowest BCUT2D eigenvalue weighted by molar-refractivity contribution is 1.18. The van der Waals surface area contributed by atoms with Crippen LogP contribution in [0.15, 0.2) is 115 Å². The molecule has 0 fully saturated rings. The summed E-state index contributed by atoms with van der Waals surface area (Å²) in [5.74, 6) is 0. The zero-order valence-corrected chi connectivity index (χ0v) is 17.8. The topological polar surface area (TPSA) is 4.93 Å². The van der Waals surface area contributed by atoms with Crippen molar-refractivity contribution in [3.8, 4) is 16.8 Å². The highest BCUT2D eigenvalue weighted by Crippen LogP contribution is 2.44. The molecule has 1 nitrogen and oxygen atoms in total. The van der Waals surface area contributed by atoms with E-state index in [1.165, 1.54) is 0 Å². The second kappa shape index (κ2) is 6.81. The van der Waals surface area contributed by atoms with Crippen molar-refractivity contribution >= 4 is 53.3 Å². The lowest BCUT2D eigenvalue weighted by Gasteiger charge is -2.07. The minimum absolute atomic E-state index is 0.000567. The predicted octanol–water partition coefficient (Wildman–Crippen LogP) is 8.82. The molecule has 2 heteroatoms. The van der Waals surface area contributed by atoms with Crippen molar-refractivity contribution in [2.24, 2.45) is 0 Å². The van der Waals surface area contributed by atoms with E-state index in [9.17, 15) is 0 Å². The third-order valence-electron chi connectivity index (χ3n) is 6.12. The number of para-hydroxylation sites is 2. The fourth-order valence-corrected chi connectivity index (χ4v) is 5.92. The number of nitrogens with zero attached hydrogens (tertiary/aromatic N) is 1. The van der Waals surface area contributed by atoms with Gasteiger partial charge in [0.05, 0.1) is 16.5 Å². The summed E-state index contributed by atoms with van der Waals surface area (Å²) in [6, 6.07) is 30.4. The van der Waals surface area contributed by atoms with Crippen molar-refractivity contribution in [2.75, 3.05) is 0 Å². The van der Waals surface area contributed by atoms with E-state index in [4.69, 9.17) is 5.48 Å². The van der Waals surface area contributed by atoms with Crippen LogP contribution in [0, 0.1) is 0 Å². The molecule has 32 heavy (non-hydrogen) atoms. The van der Waals surface area contributed by atoms with Gasteiger partial charge in [-0.05, 0) is 47.5 Å². The molecule has 0 unspecified atom stereocenters. The Balaban J connectivity index is 1.67. The van der Waals surface area contributed by atoms with Gasteiger partial charge in [0.2, 0.25) is 0 Å². The molecule has 0 radical (unpaired) electrons. The van der Waals surface area contributed by atoms with Gasteiger partial charge in [-0.1, -0.05) is 78.8 Å². The van der Waals surface area contributed by atoms with Crippen molar-refractivity contribution in [3.05, 3.63) is 115 Å². The van der Waals surface area contributed by atoms with Gasteiger partial charge in [-0.3, -0.25) is 0 Å². The molecule has 0 saturated heterocycles. The average Bonchev–Trinajstić information content (AvgIpc) is 3.47. The fraction of sp³-hybridized carbons (Fsp3) is 0. The van der Waals surface area contributed by atoms with Gasteiger partial charge in [-0.25, -0.2) is 0 Å². The molecular formula is C30H19NS. The van der Waals surface area contributed by atoms with Gasteiger partial charge >= 0.3 is 0 Å². The Morgan fingerprint density at radius 1 is 0.625 bits per heavy atom. The average molecular weight is 430 g/mol. The van der Waals surface area contributed by atoms with Crippen LogP contribution < -0.4 is 0 Å². The van der Waals surface area contributed by atoms with E-state index in [-0.39, 0.29) is 24.2 Å². The molecule has 0 aliphatic rings. The first-order chi connectivity index (χ1) is 17.5. The highest BCUT2D eigenvalue weighted by Gasteiger charge is 2.17. The largest absolute Gasteiger partial charge is 0.309 e. The molecule has 7 rings (SSSR count). The zero-order chi connectivity index (χ0) is 24.6. The fourth-order valence-electron chi connectivity index (χ4n) is 4.69. The van der Waals surface area contributed by atoms with Crippen LogP contribution in [0.4, 0.5) is 0 Å². The van der Waals surface area contributed by atoms with E-state index in [0.717, 1.165) is 47.9 Å². The van der Waals surface area contributed by atoms with Crippen LogP contribution in [0.2, 0.25) is 0 Å². The first kappa shape index (κ1) is 14.2. The number of thiophene rings is 1. The van der Waals surface area contributed by atoms with E-state index in [1.54, 1.807) is 11.3 Å². The van der Waals surface area contributed by atoms with Crippen LogP contribution in [-0.2, 0) is 0 Å². The number of hydrogen-bond acceptors (Lipinski definition) is 1. The summed E-state index contributed by atoms with van der Waals surface area (Å²) in [7, 11) is 0. The van der Waals surface area contributed by atoms with Crippen molar-refractivity contribution in [1.29, 1.82) is 0 Å². The first-order valence-electron chi connectivity index (χ1n) is 12.5. The predicted molar refractivity (Wildman–Crippen MR) is 139 cm³/mol. The number of aromatic nitrogens is 1. The highest BCUT2D eigenvalue weighted by atomic mass is 32.1. The molecule has 0 atom stereocenters. The van der Waals surface area contributed by atoms with Crippen LogP contribution >= 0.6 is 11.3 Å². The summed E-state index contributed by atoms with van der Waals surface area (Å²) in [5.41, 5.74) is 4.57. The Hall–Kier alpha value is -3.88. The molecule has 2 aromatic heterocycles. The molecule has 7 aromatic rings. The lowest BCUT2D eigenvalue weighted by atomic mass is 10.0. The molecule has 0 amide bonds. The van der Waals surface area contributed by atoms with Gasteiger partial charge < -0.3 is 4.57 Å². The van der Waals surface area contributed by atoms with Crippen molar-refractivity contribution < 1.29 is 5.48 Å². The maximum Gasteiger partial charge on any atom is 0.0645 e. The van der Waals surface area contributed by atoms with Crippen LogP contribution in [0.3, 0.4) is 0 Å². The number of fused-ring (bicyclic) bond motifs is 7. The third kappa shape index (κ3) is 2.50. The van der Waals surface area contributed by atoms with E-state index in [0.29, 0.717) is 10.9 Å². The smallest absolute Gasteiger partial charge is 0.0645 e. The maximum atomic E-state index is 8.84. The van der Waals surface area contributed by atoms with Gasteiger partial charge in [0, 0.05) is 36.6 Å². The molecule has 0 aliphatic heterocycles. The minimum atomic E-state index is -0.215. The standard InChI is InChI=1S/C30H19NS/c1-3-9-20(10-4-1)21-15-18-28-25(19-21)23-16-17-27-29(30(23)32-28)24-13-7-8-14-26(24)31(27)22-11-5-2-6-12-22/h1-19H/i7D,8D,13D,14D. The van der Waals surface area contributed by atoms with Gasteiger partial charge in [-0.15, -0.1) is 11.3 Å². The Morgan fingerprint density at radius 2 is 1.41 bits per heavy atom. The SMILES string of the molecule is [2H]c1c([2H])c([2H])c2c(c1[2H])c1c3sc4ccc(-c5ccccc5)cc4c3ccc1n2-c1ccccc1. The minimum Gasteiger partial charge on any atom is -0.309 e. The third-order valence-corrected chi connectivity index (χ3v) is 7.33. The summed E-state index contributed by atoms with van der Waals surface area (Å²) >= 11 is 1.68. The van der Waals surface area contributed by atoms with Crippen LogP contribution in [0.1, 0.15) is 5.48 Å². The van der Waals surface area contributed by atoms with Gasteiger partial charge in [0.15, 0.2) is 0 Å². The van der Waals surface area contributed by atoms with Crippen LogP contribution in [-0.4, -0.2) is 4.57 Å². The second-order valence-corrected chi connectivity index (χ2v) is 8.96. The lowest BCUT2D eigenvalue weighted by Crippen LogP contribution is -1.92. The number of benzene rings is 5. The molecular weight excluding hydrogens is 406 g/mol. The van der Waals surface area contributed by atoms with Crippen LogP contribution in [0.5, 0.6) is 0 Å². The summed E-state index contributed by atoms with van der Waals surface area (Å²) in [5, 5.41) is 3.70. The van der Waals surface area contributed by atoms with E-state index < -0.39 is 0 Å². The second-order valence-electron chi connectivity index (χ2n) is 7.91. The molecule has 0 aliphatic carbocycles. The molecule has 2 heterocycles. The number of hydrogen-bond donors (Lipinski definition) is 0. The van der Waals surface area contributed by atoms with Gasteiger partial charge in [0.1, 0.15) is 0 Å². The molecule has 0 bridgehead atoms. The number of rotatable bonds is 2. The highest BCUT2D eigenvalue weighted by molar-refractivity contribution is 7.26. The maximum absolute atomic E-state index is 8.84. The molecule has 0 saturated carbocycles. The molecule has 150 valence electrons. The van der Waals surface area contributed by atoms with E-state index in [2.05, 4.69) is 42.5 Å². The molecule has 0 N–H and O–H groups in total. The summed E-state index contributed by atoms with van der Waals surface area (Å²) < 4.78 is 38.5. The monoisotopic (exact) mass is 429 g/mol. The van der Waals surface area contributed by atoms with Gasteiger partial charge in [0.25, 0.3) is 0 Å². The zero-order valence-electron chi connectivity index (χ0n) is 21.0. The molecule has 5 aromatic carbocycles. The Labute approximate surface area is 195 Å². The first-order valence-corrected chi connectivity index (χ1v) is 11.4. The quantitative estimate of drug-likeness (QED) is 0.259. The van der Waals surface area contributed by atoms with E-state index >= 15 is 0 Å².